The van der Waals surface area contributed by atoms with E-state index in [0.29, 0.717) is 18.1 Å². The molecule has 0 radical (unpaired) electrons. The summed E-state index contributed by atoms with van der Waals surface area (Å²) in [6.45, 7) is 2.41. The average molecular weight is 324 g/mol. The van der Waals surface area contributed by atoms with Crippen LogP contribution in [0.4, 0.5) is 5.69 Å². The molecule has 1 N–H and O–H groups in total. The van der Waals surface area contributed by atoms with Crippen LogP contribution in [0, 0.1) is 0 Å². The molecule has 0 aliphatic carbocycles. The zero-order valence-corrected chi connectivity index (χ0v) is 13.1. The number of pyridine rings is 1. The number of carbonyl (C=O) groups is 1. The van der Waals surface area contributed by atoms with Gasteiger partial charge in [0.2, 0.25) is 0 Å². The lowest BCUT2D eigenvalue weighted by atomic mass is 10.3. The summed E-state index contributed by atoms with van der Waals surface area (Å²) in [6.07, 6.45) is 7.39. The Morgan fingerprint density at radius 2 is 2.12 bits per heavy atom. The predicted octanol–water partition coefficient (Wildman–Crippen LogP) is 1.49. The summed E-state index contributed by atoms with van der Waals surface area (Å²) >= 11 is 0. The predicted molar refractivity (Wildman–Crippen MR) is 88.1 cm³/mol. The number of aromatic nitrogens is 5. The van der Waals surface area contributed by atoms with Gasteiger partial charge < -0.3 is 5.32 Å². The summed E-state index contributed by atoms with van der Waals surface area (Å²) in [5.74, 6) is 0.303. The van der Waals surface area contributed by atoms with Gasteiger partial charge in [-0.2, -0.15) is 5.10 Å². The van der Waals surface area contributed by atoms with Crippen molar-refractivity contribution < 1.29 is 4.79 Å². The fourth-order valence-corrected chi connectivity index (χ4v) is 2.14. The first-order valence-corrected chi connectivity index (χ1v) is 7.51. The highest BCUT2D eigenvalue weighted by Crippen LogP contribution is 2.10. The Labute approximate surface area is 137 Å². The van der Waals surface area contributed by atoms with Crippen LogP contribution in [0.25, 0.3) is 5.82 Å². The van der Waals surface area contributed by atoms with Gasteiger partial charge in [0.15, 0.2) is 0 Å². The summed E-state index contributed by atoms with van der Waals surface area (Å²) in [6, 6.07) is 6.26. The van der Waals surface area contributed by atoms with Crippen molar-refractivity contribution in [2.45, 2.75) is 19.9 Å². The number of anilines is 1. The smallest absolute Gasteiger partial charge is 0.276 e. The lowest BCUT2D eigenvalue weighted by Gasteiger charge is -2.07. The van der Waals surface area contributed by atoms with Crippen molar-refractivity contribution in [3.8, 4) is 5.82 Å². The molecule has 0 atom stereocenters. The number of hydrogen-bond acceptors (Lipinski definition) is 5. The number of imidazole rings is 1. The monoisotopic (exact) mass is 324 g/mol. The Morgan fingerprint density at radius 3 is 2.79 bits per heavy atom. The van der Waals surface area contributed by atoms with Crippen LogP contribution < -0.4 is 10.9 Å². The van der Waals surface area contributed by atoms with Gasteiger partial charge in [-0.25, -0.2) is 14.6 Å². The molecule has 8 heteroatoms. The quantitative estimate of drug-likeness (QED) is 0.767. The summed E-state index contributed by atoms with van der Waals surface area (Å²) in [5, 5.41) is 6.79. The van der Waals surface area contributed by atoms with E-state index in [1.165, 1.54) is 16.8 Å². The molecule has 3 rings (SSSR count). The second-order valence-electron chi connectivity index (χ2n) is 5.11. The molecule has 8 nitrogen and oxygen atoms in total. The minimum Gasteiger partial charge on any atom is -0.319 e. The molecule has 0 aliphatic heterocycles. The zero-order valence-electron chi connectivity index (χ0n) is 13.1. The van der Waals surface area contributed by atoms with E-state index in [4.69, 9.17) is 0 Å². The van der Waals surface area contributed by atoms with Crippen molar-refractivity contribution in [2.24, 2.45) is 0 Å². The molecular formula is C16H16N6O2. The Hall–Kier alpha value is -3.29. The third kappa shape index (κ3) is 3.37. The molecule has 1 amide bonds. The molecule has 0 fully saturated rings. The molecule has 3 aromatic rings. The van der Waals surface area contributed by atoms with Crippen LogP contribution in [0.15, 0.2) is 54.0 Å². The first kappa shape index (κ1) is 15.6. The zero-order chi connectivity index (χ0) is 16.9. The third-order valence-electron chi connectivity index (χ3n) is 3.31. The van der Waals surface area contributed by atoms with E-state index < -0.39 is 5.91 Å². The molecule has 0 saturated heterocycles. The maximum Gasteiger partial charge on any atom is 0.276 e. The van der Waals surface area contributed by atoms with Crippen molar-refractivity contribution in [1.29, 1.82) is 0 Å². The molecule has 3 aromatic heterocycles. The van der Waals surface area contributed by atoms with Crippen molar-refractivity contribution in [3.05, 3.63) is 65.2 Å². The van der Waals surface area contributed by atoms with Crippen molar-refractivity contribution in [3.63, 3.8) is 0 Å². The van der Waals surface area contributed by atoms with E-state index in [0.717, 1.165) is 6.42 Å². The van der Waals surface area contributed by atoms with E-state index in [2.05, 4.69) is 20.4 Å². The number of carbonyl (C=O) groups excluding carboxylic acids is 1. The molecule has 3 heterocycles. The summed E-state index contributed by atoms with van der Waals surface area (Å²) in [4.78, 5) is 32.1. The number of amides is 1. The van der Waals surface area contributed by atoms with Gasteiger partial charge in [-0.15, -0.1) is 0 Å². The largest absolute Gasteiger partial charge is 0.319 e. The standard InChI is InChI=1S/C16H16N6O2/c1-2-8-22-15(23)6-4-13(20-22)16(24)19-12-3-5-14(18-10-12)21-9-7-17-11-21/h3-7,9-11H,2,8H2,1H3,(H,19,24). The van der Waals surface area contributed by atoms with Crippen LogP contribution in [0.5, 0.6) is 0 Å². The van der Waals surface area contributed by atoms with E-state index in [1.54, 1.807) is 41.6 Å². The second-order valence-corrected chi connectivity index (χ2v) is 5.11. The van der Waals surface area contributed by atoms with Gasteiger partial charge in [-0.3, -0.25) is 14.2 Å². The topological polar surface area (TPSA) is 94.7 Å². The maximum absolute atomic E-state index is 12.3. The number of nitrogens with one attached hydrogen (secondary N) is 1. The van der Waals surface area contributed by atoms with Crippen LogP contribution >= 0.6 is 0 Å². The summed E-state index contributed by atoms with van der Waals surface area (Å²) < 4.78 is 3.04. The lowest BCUT2D eigenvalue weighted by molar-refractivity contribution is 0.101. The van der Waals surface area contributed by atoms with Gasteiger partial charge in [0, 0.05) is 25.0 Å². The minimum absolute atomic E-state index is 0.182. The van der Waals surface area contributed by atoms with Gasteiger partial charge in [0.25, 0.3) is 11.5 Å². The van der Waals surface area contributed by atoms with E-state index >= 15 is 0 Å². The van der Waals surface area contributed by atoms with Gasteiger partial charge in [-0.1, -0.05) is 6.92 Å². The molecule has 0 aromatic carbocycles. The lowest BCUT2D eigenvalue weighted by Crippen LogP contribution is -2.26. The van der Waals surface area contributed by atoms with Crippen molar-refractivity contribution in [2.75, 3.05) is 5.32 Å². The van der Waals surface area contributed by atoms with Crippen molar-refractivity contribution >= 4 is 11.6 Å². The second kappa shape index (κ2) is 6.86. The van der Waals surface area contributed by atoms with Crippen LogP contribution in [0.3, 0.4) is 0 Å². The average Bonchev–Trinajstić information content (AvgIpc) is 3.12. The molecule has 0 unspecified atom stereocenters. The molecule has 0 spiro atoms. The number of aryl methyl sites for hydroxylation is 1. The fraction of sp³-hybridized carbons (Fsp3) is 0.188. The van der Waals surface area contributed by atoms with Crippen LogP contribution in [-0.2, 0) is 6.54 Å². The third-order valence-corrected chi connectivity index (χ3v) is 3.31. The number of hydrogen-bond donors (Lipinski definition) is 1. The SMILES string of the molecule is CCCn1nc(C(=O)Nc2ccc(-n3ccnc3)nc2)ccc1=O. The van der Waals surface area contributed by atoms with Crippen LogP contribution in [0.2, 0.25) is 0 Å². The van der Waals surface area contributed by atoms with Crippen LogP contribution in [0.1, 0.15) is 23.8 Å². The number of nitrogens with zero attached hydrogens (tertiary/aromatic N) is 5. The highest BCUT2D eigenvalue weighted by atomic mass is 16.2. The molecule has 122 valence electrons. The fourth-order valence-electron chi connectivity index (χ4n) is 2.14. The maximum atomic E-state index is 12.3. The molecular weight excluding hydrogens is 308 g/mol. The van der Waals surface area contributed by atoms with E-state index in [9.17, 15) is 9.59 Å². The number of rotatable bonds is 5. The highest BCUT2D eigenvalue weighted by Gasteiger charge is 2.10. The summed E-state index contributed by atoms with van der Waals surface area (Å²) in [7, 11) is 0. The summed E-state index contributed by atoms with van der Waals surface area (Å²) in [5.41, 5.74) is 0.500. The first-order chi connectivity index (χ1) is 11.7. The molecule has 0 bridgehead atoms. The van der Waals surface area contributed by atoms with Gasteiger partial charge >= 0.3 is 0 Å². The Balaban J connectivity index is 1.75. The van der Waals surface area contributed by atoms with Crippen LogP contribution in [-0.4, -0.2) is 30.2 Å². The van der Waals surface area contributed by atoms with Gasteiger partial charge in [0.05, 0.1) is 11.9 Å². The highest BCUT2D eigenvalue weighted by molar-refractivity contribution is 6.02. The molecule has 24 heavy (non-hydrogen) atoms. The van der Waals surface area contributed by atoms with Gasteiger partial charge in [0.1, 0.15) is 17.8 Å². The van der Waals surface area contributed by atoms with Crippen molar-refractivity contribution in [1.82, 2.24) is 24.3 Å². The minimum atomic E-state index is -0.392. The Morgan fingerprint density at radius 1 is 1.25 bits per heavy atom. The van der Waals surface area contributed by atoms with E-state index in [-0.39, 0.29) is 11.3 Å². The Kier molecular flexibility index (Phi) is 4.46. The Bertz CT molecular complexity index is 884. The molecule has 0 saturated carbocycles. The van der Waals surface area contributed by atoms with Gasteiger partial charge in [-0.05, 0) is 24.6 Å². The molecule has 0 aliphatic rings. The normalized spacial score (nSPS) is 10.5. The first-order valence-electron chi connectivity index (χ1n) is 7.51. The van der Waals surface area contributed by atoms with E-state index in [1.807, 2.05) is 6.92 Å².